The Morgan fingerprint density at radius 2 is 2.11 bits per heavy atom. The van der Waals surface area contributed by atoms with E-state index in [-0.39, 0.29) is 12.2 Å². The molecule has 1 aromatic heterocycles. The molecule has 1 heterocycles. The number of nitrogens with zero attached hydrogens (tertiary/aromatic N) is 2. The van der Waals surface area contributed by atoms with Crippen LogP contribution >= 0.6 is 0 Å². The summed E-state index contributed by atoms with van der Waals surface area (Å²) < 4.78 is 0. The van der Waals surface area contributed by atoms with Crippen LogP contribution in [0.1, 0.15) is 5.56 Å². The number of aromatic amines is 1. The second-order valence-corrected chi connectivity index (χ2v) is 4.45. The summed E-state index contributed by atoms with van der Waals surface area (Å²) >= 11 is 0. The number of hydrogen-bond acceptors (Lipinski definition) is 4. The van der Waals surface area contributed by atoms with Gasteiger partial charge in [0.1, 0.15) is 0 Å². The zero-order chi connectivity index (χ0) is 13.8. The third kappa shape index (κ3) is 3.00. The molecule has 0 radical (unpaired) electrons. The highest BCUT2D eigenvalue weighted by molar-refractivity contribution is 5.65. The van der Waals surface area contributed by atoms with Gasteiger partial charge in [0.25, 0.3) is 5.56 Å². The number of aromatic nitrogens is 2. The van der Waals surface area contributed by atoms with E-state index in [1.54, 1.807) is 6.07 Å². The minimum atomic E-state index is -0.209. The van der Waals surface area contributed by atoms with E-state index in [1.807, 2.05) is 37.1 Å². The molecule has 2 N–H and O–H groups in total. The third-order valence-electron chi connectivity index (χ3n) is 3.02. The largest absolute Gasteiger partial charge is 0.395 e. The van der Waals surface area contributed by atoms with Gasteiger partial charge in [0.2, 0.25) is 0 Å². The fourth-order valence-electron chi connectivity index (χ4n) is 2.02. The number of rotatable bonds is 4. The van der Waals surface area contributed by atoms with Gasteiger partial charge in [-0.25, -0.2) is 5.10 Å². The molecule has 0 spiro atoms. The van der Waals surface area contributed by atoms with Crippen molar-refractivity contribution < 1.29 is 5.11 Å². The zero-order valence-electron chi connectivity index (χ0n) is 11.1. The highest BCUT2D eigenvalue weighted by Crippen LogP contribution is 2.24. The molecule has 2 aromatic rings. The minimum Gasteiger partial charge on any atom is -0.395 e. The van der Waals surface area contributed by atoms with Gasteiger partial charge in [-0.15, -0.1) is 0 Å². The molecule has 0 aliphatic heterocycles. The van der Waals surface area contributed by atoms with Crippen LogP contribution in [-0.2, 0) is 0 Å². The van der Waals surface area contributed by atoms with Crippen molar-refractivity contribution in [2.24, 2.45) is 0 Å². The molecule has 1 aromatic carbocycles. The monoisotopic (exact) mass is 259 g/mol. The Hall–Kier alpha value is -2.14. The molecule has 0 atom stereocenters. The molecule has 0 aliphatic carbocycles. The van der Waals surface area contributed by atoms with Crippen LogP contribution in [0, 0.1) is 6.92 Å². The molecule has 0 fully saturated rings. The van der Waals surface area contributed by atoms with Crippen molar-refractivity contribution in [2.75, 3.05) is 25.1 Å². The lowest BCUT2D eigenvalue weighted by atomic mass is 10.1. The lowest BCUT2D eigenvalue weighted by molar-refractivity contribution is 0.304. The number of anilines is 1. The van der Waals surface area contributed by atoms with Crippen molar-refractivity contribution in [2.45, 2.75) is 6.92 Å². The van der Waals surface area contributed by atoms with E-state index in [2.05, 4.69) is 10.2 Å². The first-order valence-corrected chi connectivity index (χ1v) is 6.10. The smallest absolute Gasteiger partial charge is 0.264 e. The number of H-pyrrole nitrogens is 1. The van der Waals surface area contributed by atoms with Crippen molar-refractivity contribution in [3.63, 3.8) is 0 Å². The molecule has 100 valence electrons. The van der Waals surface area contributed by atoms with E-state index >= 15 is 0 Å². The molecule has 0 aliphatic rings. The fourth-order valence-corrected chi connectivity index (χ4v) is 2.02. The van der Waals surface area contributed by atoms with Gasteiger partial charge in [0.15, 0.2) is 0 Å². The molecular formula is C14H17N3O2. The summed E-state index contributed by atoms with van der Waals surface area (Å²) in [7, 11) is 1.94. The van der Waals surface area contributed by atoms with Crippen LogP contribution in [0.2, 0.25) is 0 Å². The first-order valence-electron chi connectivity index (χ1n) is 6.10. The predicted octanol–water partition coefficient (Wildman–Crippen LogP) is 1.17. The maximum Gasteiger partial charge on any atom is 0.264 e. The number of aliphatic hydroxyl groups excluding tert-OH is 1. The molecule has 5 heteroatoms. The van der Waals surface area contributed by atoms with Crippen LogP contribution in [0.25, 0.3) is 11.3 Å². The minimum absolute atomic E-state index is 0.124. The van der Waals surface area contributed by atoms with Gasteiger partial charge >= 0.3 is 0 Å². The number of hydrogen-bond donors (Lipinski definition) is 2. The van der Waals surface area contributed by atoms with Gasteiger partial charge in [-0.2, -0.15) is 5.10 Å². The summed E-state index contributed by atoms with van der Waals surface area (Å²) in [4.78, 5) is 13.0. The maximum atomic E-state index is 11.0. The molecular weight excluding hydrogens is 242 g/mol. The van der Waals surface area contributed by atoms with E-state index in [1.165, 1.54) is 6.07 Å². The summed E-state index contributed by atoms with van der Waals surface area (Å²) in [6.07, 6.45) is 0. The van der Waals surface area contributed by atoms with Gasteiger partial charge in [-0.05, 0) is 30.7 Å². The van der Waals surface area contributed by atoms with Gasteiger partial charge < -0.3 is 10.0 Å². The van der Waals surface area contributed by atoms with Crippen molar-refractivity contribution >= 4 is 5.69 Å². The average molecular weight is 259 g/mol. The van der Waals surface area contributed by atoms with E-state index < -0.39 is 0 Å². The Balaban J connectivity index is 2.33. The average Bonchev–Trinajstić information content (AvgIpc) is 2.39. The lowest BCUT2D eigenvalue weighted by Gasteiger charge is -2.20. The summed E-state index contributed by atoms with van der Waals surface area (Å²) in [5.41, 5.74) is 3.65. The Morgan fingerprint density at radius 3 is 2.68 bits per heavy atom. The standard InChI is InChI=1S/C14H17N3O2/c1-10-9-11(12-4-6-14(19)16-15-12)3-5-13(10)17(2)7-8-18/h3-6,9,18H,7-8H2,1-2H3,(H,16,19). The topological polar surface area (TPSA) is 69.2 Å². The van der Waals surface area contributed by atoms with E-state index in [0.29, 0.717) is 6.54 Å². The SMILES string of the molecule is Cc1cc(-c2ccc(=O)[nH]n2)ccc1N(C)CCO. The number of benzene rings is 1. The molecule has 19 heavy (non-hydrogen) atoms. The summed E-state index contributed by atoms with van der Waals surface area (Å²) in [5.74, 6) is 0. The van der Waals surface area contributed by atoms with Crippen molar-refractivity contribution in [1.29, 1.82) is 0 Å². The molecule has 0 saturated heterocycles. The normalized spacial score (nSPS) is 10.5. The summed E-state index contributed by atoms with van der Waals surface area (Å²) in [5, 5.41) is 15.4. The molecule has 0 amide bonds. The Morgan fingerprint density at radius 1 is 1.32 bits per heavy atom. The summed E-state index contributed by atoms with van der Waals surface area (Å²) in [6.45, 7) is 2.73. The van der Waals surface area contributed by atoms with Crippen LogP contribution < -0.4 is 10.5 Å². The Labute approximate surface area is 111 Å². The fraction of sp³-hybridized carbons (Fsp3) is 0.286. The number of aryl methyl sites for hydroxylation is 1. The van der Waals surface area contributed by atoms with Crippen LogP contribution in [-0.4, -0.2) is 35.5 Å². The molecule has 2 rings (SSSR count). The van der Waals surface area contributed by atoms with Crippen LogP contribution in [0.4, 0.5) is 5.69 Å². The quantitative estimate of drug-likeness (QED) is 0.865. The first kappa shape index (κ1) is 13.3. The summed E-state index contributed by atoms with van der Waals surface area (Å²) in [6, 6.07) is 9.13. The third-order valence-corrected chi connectivity index (χ3v) is 3.02. The van der Waals surface area contributed by atoms with Crippen LogP contribution in [0.3, 0.4) is 0 Å². The van der Waals surface area contributed by atoms with Crippen LogP contribution in [0.5, 0.6) is 0 Å². The highest BCUT2D eigenvalue weighted by atomic mass is 16.3. The molecule has 0 unspecified atom stereocenters. The highest BCUT2D eigenvalue weighted by Gasteiger charge is 2.06. The zero-order valence-corrected chi connectivity index (χ0v) is 11.1. The first-order chi connectivity index (χ1) is 9.11. The molecule has 0 saturated carbocycles. The van der Waals surface area contributed by atoms with E-state index in [9.17, 15) is 4.79 Å². The second kappa shape index (κ2) is 5.67. The van der Waals surface area contributed by atoms with Crippen molar-refractivity contribution in [1.82, 2.24) is 10.2 Å². The van der Waals surface area contributed by atoms with Crippen molar-refractivity contribution in [3.05, 3.63) is 46.2 Å². The molecule has 5 nitrogen and oxygen atoms in total. The lowest BCUT2D eigenvalue weighted by Crippen LogP contribution is -2.21. The Bertz CT molecular complexity index is 602. The van der Waals surface area contributed by atoms with Gasteiger partial charge in [-0.3, -0.25) is 4.79 Å². The van der Waals surface area contributed by atoms with Crippen molar-refractivity contribution in [3.8, 4) is 11.3 Å². The Kier molecular flexibility index (Phi) is 3.97. The maximum absolute atomic E-state index is 11.0. The van der Waals surface area contributed by atoms with Crippen LogP contribution in [0.15, 0.2) is 35.1 Å². The van der Waals surface area contributed by atoms with Gasteiger partial charge in [0.05, 0.1) is 12.3 Å². The molecule has 0 bridgehead atoms. The number of aliphatic hydroxyl groups is 1. The second-order valence-electron chi connectivity index (χ2n) is 4.45. The van der Waals surface area contributed by atoms with Gasteiger partial charge in [-0.1, -0.05) is 6.07 Å². The predicted molar refractivity (Wildman–Crippen MR) is 75.4 cm³/mol. The van der Waals surface area contributed by atoms with Gasteiger partial charge in [0, 0.05) is 30.9 Å². The number of likely N-dealkylation sites (N-methyl/N-ethyl adjacent to an activating group) is 1. The number of nitrogens with one attached hydrogen (secondary N) is 1. The van der Waals surface area contributed by atoms with E-state index in [4.69, 9.17) is 5.11 Å². The van der Waals surface area contributed by atoms with E-state index in [0.717, 1.165) is 22.5 Å².